The zero-order chi connectivity index (χ0) is 15.4. The molecule has 1 aliphatic heterocycles. The molecule has 4 nitrogen and oxygen atoms in total. The highest BCUT2D eigenvalue weighted by Gasteiger charge is 2.17. The fraction of sp³-hybridized carbons (Fsp3) is 0.375. The summed E-state index contributed by atoms with van der Waals surface area (Å²) in [5.41, 5.74) is 3.33. The molecule has 0 saturated heterocycles. The van der Waals surface area contributed by atoms with Crippen LogP contribution >= 0.6 is 23.4 Å². The second kappa shape index (κ2) is 7.31. The number of hydrogen-bond donors (Lipinski definition) is 1. The van der Waals surface area contributed by atoms with Crippen molar-refractivity contribution in [3.8, 4) is 0 Å². The lowest BCUT2D eigenvalue weighted by molar-refractivity contribution is 0.109. The molecule has 6 heteroatoms. The van der Waals surface area contributed by atoms with E-state index in [1.54, 1.807) is 11.8 Å². The highest BCUT2D eigenvalue weighted by atomic mass is 35.5. The van der Waals surface area contributed by atoms with Gasteiger partial charge in [-0.3, -0.25) is 0 Å². The monoisotopic (exact) mass is 335 g/mol. The van der Waals surface area contributed by atoms with Gasteiger partial charge in [-0.15, -0.1) is 0 Å². The molecule has 0 unspecified atom stereocenters. The predicted molar refractivity (Wildman–Crippen MR) is 90.8 cm³/mol. The number of anilines is 1. The third-order valence-electron chi connectivity index (χ3n) is 3.63. The Labute approximate surface area is 139 Å². The van der Waals surface area contributed by atoms with Crippen LogP contribution in [0.2, 0.25) is 5.02 Å². The summed E-state index contributed by atoms with van der Waals surface area (Å²) in [6, 6.07) is 7.93. The molecule has 1 aromatic carbocycles. The fourth-order valence-corrected chi connectivity index (χ4v) is 3.08. The Morgan fingerprint density at radius 1 is 1.32 bits per heavy atom. The van der Waals surface area contributed by atoms with Crippen molar-refractivity contribution in [2.24, 2.45) is 0 Å². The topological polar surface area (TPSA) is 47.0 Å². The summed E-state index contributed by atoms with van der Waals surface area (Å²) in [6.07, 6.45) is 3.70. The molecule has 0 radical (unpaired) electrons. The number of aromatic nitrogens is 2. The molecule has 2 aromatic rings. The van der Waals surface area contributed by atoms with Crippen LogP contribution in [0.4, 0.5) is 5.82 Å². The molecular formula is C16H18ClN3OS. The maximum absolute atomic E-state index is 6.19. The minimum absolute atomic E-state index is 0.582. The standard InChI is InChI=1S/C16H18ClN3OS/c1-22-16-19-14-7-9-21-10-12(14)15(20-16)18-8-6-11-4-2-3-5-13(11)17/h2-5H,6-10H2,1H3,(H,18,19,20). The van der Waals surface area contributed by atoms with E-state index < -0.39 is 0 Å². The molecular weight excluding hydrogens is 318 g/mol. The molecule has 2 heterocycles. The number of benzene rings is 1. The second-order valence-electron chi connectivity index (χ2n) is 5.05. The number of halogens is 1. The van der Waals surface area contributed by atoms with E-state index in [9.17, 15) is 0 Å². The van der Waals surface area contributed by atoms with Crippen LogP contribution in [0.1, 0.15) is 16.8 Å². The molecule has 1 aromatic heterocycles. The van der Waals surface area contributed by atoms with Crippen molar-refractivity contribution in [1.29, 1.82) is 0 Å². The van der Waals surface area contributed by atoms with Crippen molar-refractivity contribution in [2.45, 2.75) is 24.6 Å². The van der Waals surface area contributed by atoms with Crippen molar-refractivity contribution in [3.63, 3.8) is 0 Å². The van der Waals surface area contributed by atoms with Gasteiger partial charge in [0.25, 0.3) is 0 Å². The first-order valence-electron chi connectivity index (χ1n) is 7.26. The van der Waals surface area contributed by atoms with Gasteiger partial charge < -0.3 is 10.1 Å². The summed E-state index contributed by atoms with van der Waals surface area (Å²) in [4.78, 5) is 9.17. The SMILES string of the molecule is CSc1nc2c(c(NCCc3ccccc3Cl)n1)COCC2. The molecule has 1 aliphatic rings. The first-order chi connectivity index (χ1) is 10.8. The molecule has 0 aliphatic carbocycles. The highest BCUT2D eigenvalue weighted by Crippen LogP contribution is 2.25. The Morgan fingerprint density at radius 3 is 3.00 bits per heavy atom. The predicted octanol–water partition coefficient (Wildman–Crippen LogP) is 3.58. The van der Waals surface area contributed by atoms with Gasteiger partial charge in [-0.2, -0.15) is 0 Å². The number of nitrogens with zero attached hydrogens (tertiary/aromatic N) is 2. The minimum atomic E-state index is 0.582. The van der Waals surface area contributed by atoms with Crippen LogP contribution in [0.25, 0.3) is 0 Å². The molecule has 0 atom stereocenters. The van der Waals surface area contributed by atoms with E-state index in [-0.39, 0.29) is 0 Å². The molecule has 1 N–H and O–H groups in total. The number of rotatable bonds is 5. The Morgan fingerprint density at radius 2 is 2.18 bits per heavy atom. The van der Waals surface area contributed by atoms with Gasteiger partial charge in [0.05, 0.1) is 18.9 Å². The minimum Gasteiger partial charge on any atom is -0.376 e. The summed E-state index contributed by atoms with van der Waals surface area (Å²) >= 11 is 7.76. The first-order valence-corrected chi connectivity index (χ1v) is 8.87. The van der Waals surface area contributed by atoms with E-state index in [1.807, 2.05) is 24.5 Å². The van der Waals surface area contributed by atoms with E-state index >= 15 is 0 Å². The van der Waals surface area contributed by atoms with Crippen LogP contribution in [0.15, 0.2) is 29.4 Å². The van der Waals surface area contributed by atoms with Crippen molar-refractivity contribution >= 4 is 29.2 Å². The number of fused-ring (bicyclic) bond motifs is 1. The third kappa shape index (κ3) is 3.54. The van der Waals surface area contributed by atoms with Gasteiger partial charge in [-0.05, 0) is 24.3 Å². The van der Waals surface area contributed by atoms with Crippen LogP contribution in [-0.4, -0.2) is 29.4 Å². The zero-order valence-corrected chi connectivity index (χ0v) is 14.0. The molecule has 0 spiro atoms. The van der Waals surface area contributed by atoms with Gasteiger partial charge in [0.1, 0.15) is 5.82 Å². The van der Waals surface area contributed by atoms with Crippen LogP contribution in [0.3, 0.4) is 0 Å². The molecule has 0 saturated carbocycles. The lowest BCUT2D eigenvalue weighted by atomic mass is 10.1. The summed E-state index contributed by atoms with van der Waals surface area (Å²) in [5, 5.41) is 5.03. The Kier molecular flexibility index (Phi) is 5.18. The summed E-state index contributed by atoms with van der Waals surface area (Å²) < 4.78 is 5.55. The second-order valence-corrected chi connectivity index (χ2v) is 6.24. The average Bonchev–Trinajstić information content (AvgIpc) is 2.56. The molecule has 0 fully saturated rings. The molecule has 3 rings (SSSR count). The summed E-state index contributed by atoms with van der Waals surface area (Å²) in [5.74, 6) is 0.890. The molecule has 0 amide bonds. The Bertz CT molecular complexity index is 666. The smallest absolute Gasteiger partial charge is 0.189 e. The maximum atomic E-state index is 6.19. The van der Waals surface area contributed by atoms with Gasteiger partial charge in [0.2, 0.25) is 0 Å². The normalized spacial score (nSPS) is 13.7. The first kappa shape index (κ1) is 15.6. The van der Waals surface area contributed by atoms with Crippen LogP contribution in [0.5, 0.6) is 0 Å². The van der Waals surface area contributed by atoms with Crippen molar-refractivity contribution in [2.75, 3.05) is 24.7 Å². The lowest BCUT2D eigenvalue weighted by Gasteiger charge is -2.20. The van der Waals surface area contributed by atoms with E-state index in [2.05, 4.69) is 21.4 Å². The van der Waals surface area contributed by atoms with Crippen LogP contribution < -0.4 is 5.32 Å². The molecule has 22 heavy (non-hydrogen) atoms. The third-order valence-corrected chi connectivity index (χ3v) is 4.55. The van der Waals surface area contributed by atoms with E-state index in [4.69, 9.17) is 16.3 Å². The maximum Gasteiger partial charge on any atom is 0.189 e. The van der Waals surface area contributed by atoms with Gasteiger partial charge in [0.15, 0.2) is 5.16 Å². The molecule has 0 bridgehead atoms. The summed E-state index contributed by atoms with van der Waals surface area (Å²) in [6.45, 7) is 2.09. The van der Waals surface area contributed by atoms with Gasteiger partial charge in [0, 0.05) is 23.6 Å². The van der Waals surface area contributed by atoms with Crippen LogP contribution in [0, 0.1) is 0 Å². The number of ether oxygens (including phenoxy) is 1. The quantitative estimate of drug-likeness (QED) is 0.668. The fourth-order valence-electron chi connectivity index (χ4n) is 2.46. The van der Waals surface area contributed by atoms with E-state index in [0.29, 0.717) is 6.61 Å². The zero-order valence-electron chi connectivity index (χ0n) is 12.4. The summed E-state index contributed by atoms with van der Waals surface area (Å²) in [7, 11) is 0. The van der Waals surface area contributed by atoms with E-state index in [0.717, 1.165) is 58.8 Å². The van der Waals surface area contributed by atoms with Gasteiger partial charge >= 0.3 is 0 Å². The number of hydrogen-bond acceptors (Lipinski definition) is 5. The van der Waals surface area contributed by atoms with Crippen LogP contribution in [-0.2, 0) is 24.2 Å². The Hall–Kier alpha value is -1.30. The van der Waals surface area contributed by atoms with E-state index in [1.165, 1.54) is 0 Å². The number of nitrogens with one attached hydrogen (secondary N) is 1. The van der Waals surface area contributed by atoms with Crippen molar-refractivity contribution in [3.05, 3.63) is 46.1 Å². The van der Waals surface area contributed by atoms with Crippen molar-refractivity contribution in [1.82, 2.24) is 9.97 Å². The lowest BCUT2D eigenvalue weighted by Crippen LogP contribution is -2.18. The number of thioether (sulfide) groups is 1. The highest BCUT2D eigenvalue weighted by molar-refractivity contribution is 7.98. The van der Waals surface area contributed by atoms with Gasteiger partial charge in [-0.25, -0.2) is 9.97 Å². The van der Waals surface area contributed by atoms with Gasteiger partial charge in [-0.1, -0.05) is 41.6 Å². The molecule has 116 valence electrons. The average molecular weight is 336 g/mol. The van der Waals surface area contributed by atoms with Crippen molar-refractivity contribution < 1.29 is 4.74 Å². The Balaban J connectivity index is 1.73. The largest absolute Gasteiger partial charge is 0.376 e.